The van der Waals surface area contributed by atoms with Crippen molar-refractivity contribution in [2.75, 3.05) is 32.5 Å². The molecule has 3 heterocycles. The van der Waals surface area contributed by atoms with E-state index in [2.05, 4.69) is 15.6 Å². The third-order valence-corrected chi connectivity index (χ3v) is 5.36. The molecule has 1 aromatic heterocycles. The molecule has 1 aromatic carbocycles. The molecule has 2 aliphatic rings. The summed E-state index contributed by atoms with van der Waals surface area (Å²) in [7, 11) is 1.61. The van der Waals surface area contributed by atoms with Crippen molar-refractivity contribution >= 4 is 22.9 Å². The monoisotopic (exact) mass is 415 g/mol. The molecule has 0 saturated heterocycles. The van der Waals surface area contributed by atoms with Crippen LogP contribution in [0.3, 0.4) is 0 Å². The van der Waals surface area contributed by atoms with Crippen molar-refractivity contribution in [1.29, 1.82) is 0 Å². The number of amides is 1. The minimum absolute atomic E-state index is 0.249. The van der Waals surface area contributed by atoms with Crippen LogP contribution < -0.4 is 15.9 Å². The predicted octanol–water partition coefficient (Wildman–Crippen LogP) is 3.02. The van der Waals surface area contributed by atoms with Crippen molar-refractivity contribution in [3.05, 3.63) is 29.0 Å². The lowest BCUT2D eigenvalue weighted by atomic mass is 10.1. The molecule has 2 aliphatic heterocycles. The zero-order chi connectivity index (χ0) is 21.5. The number of nitrogens with zero attached hydrogens (tertiary/aromatic N) is 3. The molecule has 9 nitrogen and oxygen atoms in total. The van der Waals surface area contributed by atoms with Crippen molar-refractivity contribution in [2.24, 2.45) is 0 Å². The molecule has 0 atom stereocenters. The van der Waals surface area contributed by atoms with Crippen LogP contribution in [0, 0.1) is 0 Å². The van der Waals surface area contributed by atoms with Crippen LogP contribution in [-0.2, 0) is 11.3 Å². The highest BCUT2D eigenvalue weighted by Gasteiger charge is 2.29. The number of rotatable bonds is 3. The molecule has 0 aliphatic carbocycles. The Labute approximate surface area is 175 Å². The number of fused-ring (bicyclic) bond motifs is 1. The first-order valence-electron chi connectivity index (χ1n) is 10.2. The second-order valence-corrected chi connectivity index (χ2v) is 8.68. The number of hydrogen-bond donors (Lipinski definition) is 2. The summed E-state index contributed by atoms with van der Waals surface area (Å²) in [6.45, 7) is 8.39. The van der Waals surface area contributed by atoms with Crippen LogP contribution in [0.2, 0.25) is 0 Å². The summed E-state index contributed by atoms with van der Waals surface area (Å²) in [6, 6.07) is 3.89. The molecule has 4 rings (SSSR count). The number of methoxy groups -OCH3 is 1. The number of nitrogens with two attached hydrogens (primary N) is 1. The van der Waals surface area contributed by atoms with E-state index in [1.54, 1.807) is 12.0 Å². The first kappa shape index (κ1) is 20.3. The summed E-state index contributed by atoms with van der Waals surface area (Å²) in [5.41, 5.74) is 13.0. The van der Waals surface area contributed by atoms with Gasteiger partial charge in [-0.3, -0.25) is 0 Å². The van der Waals surface area contributed by atoms with E-state index < -0.39 is 5.60 Å². The first-order valence-corrected chi connectivity index (χ1v) is 10.2. The number of carbonyl (C=O) groups is 1. The number of benzene rings is 1. The summed E-state index contributed by atoms with van der Waals surface area (Å²) in [5, 5.41) is 6.68. The van der Waals surface area contributed by atoms with Gasteiger partial charge in [0.1, 0.15) is 16.7 Å². The number of aromatic nitrogens is 1. The fourth-order valence-electron chi connectivity index (χ4n) is 3.95. The van der Waals surface area contributed by atoms with E-state index in [4.69, 9.17) is 19.7 Å². The van der Waals surface area contributed by atoms with Crippen molar-refractivity contribution in [1.82, 2.24) is 20.5 Å². The van der Waals surface area contributed by atoms with Crippen molar-refractivity contribution in [2.45, 2.75) is 45.8 Å². The van der Waals surface area contributed by atoms with E-state index in [9.17, 15) is 4.79 Å². The number of carbonyl (C=O) groups excluding carboxylic acids is 1. The van der Waals surface area contributed by atoms with Gasteiger partial charge in [0.05, 0.1) is 13.7 Å². The third kappa shape index (κ3) is 4.02. The van der Waals surface area contributed by atoms with Crippen LogP contribution in [0.15, 0.2) is 27.9 Å². The van der Waals surface area contributed by atoms with Crippen LogP contribution in [0.4, 0.5) is 10.6 Å². The quantitative estimate of drug-likeness (QED) is 0.788. The molecule has 0 radical (unpaired) electrons. The molecule has 3 N–H and O–H groups in total. The Morgan fingerprint density at radius 2 is 2.07 bits per heavy atom. The van der Waals surface area contributed by atoms with E-state index >= 15 is 0 Å². The average Bonchev–Trinajstić information content (AvgIpc) is 3.15. The minimum Gasteiger partial charge on any atom is -0.496 e. The lowest BCUT2D eigenvalue weighted by molar-refractivity contribution is 0.0254. The summed E-state index contributed by atoms with van der Waals surface area (Å²) in [6.07, 6.45) is 1.36. The van der Waals surface area contributed by atoms with Gasteiger partial charge in [-0.15, -0.1) is 0 Å². The van der Waals surface area contributed by atoms with E-state index in [1.165, 1.54) is 11.3 Å². The Kier molecular flexibility index (Phi) is 5.23. The van der Waals surface area contributed by atoms with Gasteiger partial charge < -0.3 is 29.6 Å². The highest BCUT2D eigenvalue weighted by molar-refractivity contribution is 5.93. The van der Waals surface area contributed by atoms with Gasteiger partial charge in [0.2, 0.25) is 0 Å². The molecular weight excluding hydrogens is 386 g/mol. The molecule has 0 unspecified atom stereocenters. The van der Waals surface area contributed by atoms with Gasteiger partial charge in [0.15, 0.2) is 11.4 Å². The smallest absolute Gasteiger partial charge is 0.410 e. The molecule has 0 fully saturated rings. The normalized spacial score (nSPS) is 17.3. The number of hydrazine groups is 1. The second kappa shape index (κ2) is 7.71. The zero-order valence-corrected chi connectivity index (χ0v) is 17.9. The Balaban J connectivity index is 1.48. The summed E-state index contributed by atoms with van der Waals surface area (Å²) >= 11 is 0. The van der Waals surface area contributed by atoms with Gasteiger partial charge in [-0.2, -0.15) is 0 Å². The molecule has 162 valence electrons. The molecule has 9 heteroatoms. The van der Waals surface area contributed by atoms with Gasteiger partial charge in [-0.05, 0) is 50.5 Å². The summed E-state index contributed by atoms with van der Waals surface area (Å²) in [5.74, 6) is 0.968. The molecule has 30 heavy (non-hydrogen) atoms. The van der Waals surface area contributed by atoms with E-state index in [1.807, 2.05) is 32.9 Å². The van der Waals surface area contributed by atoms with Crippen LogP contribution in [0.25, 0.3) is 11.0 Å². The predicted molar refractivity (Wildman–Crippen MR) is 113 cm³/mol. The molecule has 0 bridgehead atoms. The fourth-order valence-corrected chi connectivity index (χ4v) is 3.95. The largest absolute Gasteiger partial charge is 0.496 e. The minimum atomic E-state index is -0.491. The Morgan fingerprint density at radius 1 is 1.30 bits per heavy atom. The standard InChI is InChI=1S/C21H29N5O4/c1-21(2,3)29-20(27)25-7-5-14-11-23-26(15(14)6-8-25)12-13-9-16(28-4)18-17(10-13)30-24-19(18)22/h9-10,23H,5-8,11-12H2,1-4H3,(H2,22,24). The van der Waals surface area contributed by atoms with Gasteiger partial charge in [-0.25, -0.2) is 10.2 Å². The van der Waals surface area contributed by atoms with Crippen molar-refractivity contribution in [3.63, 3.8) is 0 Å². The third-order valence-electron chi connectivity index (χ3n) is 5.36. The maximum atomic E-state index is 12.5. The summed E-state index contributed by atoms with van der Waals surface area (Å²) < 4.78 is 16.4. The number of hydrogen-bond acceptors (Lipinski definition) is 8. The number of nitrogens with one attached hydrogen (secondary N) is 1. The molecule has 0 saturated carbocycles. The maximum absolute atomic E-state index is 12.5. The molecular formula is C21H29N5O4. The zero-order valence-electron chi connectivity index (χ0n) is 17.9. The Bertz CT molecular complexity index is 991. The highest BCUT2D eigenvalue weighted by Crippen LogP contribution is 2.33. The topological polar surface area (TPSA) is 106 Å². The fraction of sp³-hybridized carbons (Fsp3) is 0.524. The lowest BCUT2D eigenvalue weighted by Crippen LogP contribution is -2.39. The average molecular weight is 415 g/mol. The second-order valence-electron chi connectivity index (χ2n) is 8.68. The van der Waals surface area contributed by atoms with Crippen LogP contribution in [0.5, 0.6) is 5.75 Å². The molecule has 0 spiro atoms. The summed E-state index contributed by atoms with van der Waals surface area (Å²) in [4.78, 5) is 14.3. The first-order chi connectivity index (χ1) is 14.2. The van der Waals surface area contributed by atoms with E-state index in [-0.39, 0.29) is 6.09 Å². The Morgan fingerprint density at radius 3 is 2.80 bits per heavy atom. The van der Waals surface area contributed by atoms with Crippen LogP contribution in [0.1, 0.15) is 39.2 Å². The molecule has 2 aromatic rings. The number of ether oxygens (including phenoxy) is 2. The molecule has 1 amide bonds. The van der Waals surface area contributed by atoms with Gasteiger partial charge >= 0.3 is 6.09 Å². The van der Waals surface area contributed by atoms with Gasteiger partial charge in [0.25, 0.3) is 0 Å². The van der Waals surface area contributed by atoms with Crippen LogP contribution in [-0.4, -0.2) is 53.5 Å². The van der Waals surface area contributed by atoms with E-state index in [0.29, 0.717) is 42.2 Å². The van der Waals surface area contributed by atoms with Gasteiger partial charge in [0, 0.05) is 31.8 Å². The Hall–Kier alpha value is -2.94. The number of nitrogen functional groups attached to an aromatic ring is 1. The SMILES string of the molecule is COc1cc(CN2NCC3=C2CCN(C(=O)OC(C)(C)C)CC3)cc2onc(N)c12. The van der Waals surface area contributed by atoms with E-state index in [0.717, 1.165) is 24.9 Å². The van der Waals surface area contributed by atoms with Crippen LogP contribution >= 0.6 is 0 Å². The number of anilines is 1. The highest BCUT2D eigenvalue weighted by atomic mass is 16.6. The van der Waals surface area contributed by atoms with Crippen molar-refractivity contribution < 1.29 is 18.8 Å². The van der Waals surface area contributed by atoms with Gasteiger partial charge in [-0.1, -0.05) is 5.16 Å². The maximum Gasteiger partial charge on any atom is 0.410 e. The van der Waals surface area contributed by atoms with Crippen molar-refractivity contribution in [3.8, 4) is 5.75 Å². The lowest BCUT2D eigenvalue weighted by Gasteiger charge is -2.28.